The SMILES string of the molecule is CC(=O)C#C[C@H]1CCC2C3CC[C@H]4C[C@H](O[Si](c5ccccc5)(c5ccccc5)C(C)(C)C)CC[C@]4(C)C3CC[C@@]21C. The van der Waals surface area contributed by atoms with Gasteiger partial charge in [-0.3, -0.25) is 4.79 Å². The quantitative estimate of drug-likeness (QED) is 0.207. The van der Waals surface area contributed by atoms with Crippen molar-refractivity contribution in [2.45, 2.75) is 110 Å². The fourth-order valence-electron chi connectivity index (χ4n) is 10.7. The van der Waals surface area contributed by atoms with E-state index in [4.69, 9.17) is 4.43 Å². The van der Waals surface area contributed by atoms with E-state index >= 15 is 0 Å². The van der Waals surface area contributed by atoms with Gasteiger partial charge in [-0.15, -0.1) is 0 Å². The molecule has 3 heteroatoms. The third-order valence-electron chi connectivity index (χ3n) is 12.8. The van der Waals surface area contributed by atoms with Crippen molar-refractivity contribution in [3.63, 3.8) is 0 Å². The van der Waals surface area contributed by atoms with Crippen LogP contribution in [-0.2, 0) is 9.22 Å². The Balaban J connectivity index is 1.25. The molecule has 0 spiro atoms. The summed E-state index contributed by atoms with van der Waals surface area (Å²) < 4.78 is 7.69. The Morgan fingerprint density at radius 2 is 1.40 bits per heavy atom. The minimum Gasteiger partial charge on any atom is -0.404 e. The van der Waals surface area contributed by atoms with Crippen LogP contribution in [0.3, 0.4) is 0 Å². The second-order valence-corrected chi connectivity index (χ2v) is 20.1. The Morgan fingerprint density at radius 1 is 0.810 bits per heavy atom. The Labute approximate surface area is 256 Å². The number of benzene rings is 2. The van der Waals surface area contributed by atoms with Gasteiger partial charge in [-0.1, -0.05) is 101 Å². The molecule has 0 aliphatic heterocycles. The molecule has 4 fully saturated rings. The zero-order chi connectivity index (χ0) is 29.8. The van der Waals surface area contributed by atoms with Gasteiger partial charge in [0.15, 0.2) is 0 Å². The van der Waals surface area contributed by atoms with Crippen molar-refractivity contribution in [1.29, 1.82) is 0 Å². The van der Waals surface area contributed by atoms with Crippen LogP contribution in [0.1, 0.15) is 99.3 Å². The highest BCUT2D eigenvalue weighted by Gasteiger charge is 2.61. The van der Waals surface area contributed by atoms with Gasteiger partial charge in [0.1, 0.15) is 0 Å². The average molecular weight is 581 g/mol. The van der Waals surface area contributed by atoms with Gasteiger partial charge in [0.25, 0.3) is 8.32 Å². The van der Waals surface area contributed by atoms with E-state index in [9.17, 15) is 4.79 Å². The van der Waals surface area contributed by atoms with Gasteiger partial charge in [0.05, 0.1) is 0 Å². The van der Waals surface area contributed by atoms with Crippen LogP contribution in [0.2, 0.25) is 5.04 Å². The number of ketones is 1. The second kappa shape index (κ2) is 11.1. The normalized spacial score (nSPS) is 36.1. The summed E-state index contributed by atoms with van der Waals surface area (Å²) in [7, 11) is -2.54. The van der Waals surface area contributed by atoms with Crippen LogP contribution < -0.4 is 10.4 Å². The predicted octanol–water partition coefficient (Wildman–Crippen LogP) is 8.18. The third kappa shape index (κ3) is 4.86. The maximum absolute atomic E-state index is 11.6. The summed E-state index contributed by atoms with van der Waals surface area (Å²) in [4.78, 5) is 11.6. The number of rotatable bonds is 4. The molecule has 3 unspecified atom stereocenters. The van der Waals surface area contributed by atoms with E-state index in [2.05, 4.69) is 107 Å². The van der Waals surface area contributed by atoms with Crippen molar-refractivity contribution in [3.8, 4) is 11.8 Å². The first kappa shape index (κ1) is 29.9. The summed E-state index contributed by atoms with van der Waals surface area (Å²) in [5, 5.41) is 2.82. The Bertz CT molecular complexity index is 1290. The molecule has 4 aliphatic carbocycles. The fourth-order valence-corrected chi connectivity index (χ4v) is 15.4. The van der Waals surface area contributed by atoms with Crippen molar-refractivity contribution in [1.82, 2.24) is 0 Å². The molecule has 0 radical (unpaired) electrons. The lowest BCUT2D eigenvalue weighted by molar-refractivity contribution is -0.122. The minimum atomic E-state index is -2.54. The average Bonchev–Trinajstić information content (AvgIpc) is 3.31. The van der Waals surface area contributed by atoms with Crippen molar-refractivity contribution in [2.24, 2.45) is 40.4 Å². The molecule has 0 amide bonds. The topological polar surface area (TPSA) is 26.3 Å². The van der Waals surface area contributed by atoms with Gasteiger partial charge >= 0.3 is 0 Å². The van der Waals surface area contributed by atoms with Gasteiger partial charge in [-0.25, -0.2) is 0 Å². The number of hydrogen-bond acceptors (Lipinski definition) is 2. The van der Waals surface area contributed by atoms with Crippen LogP contribution in [-0.4, -0.2) is 20.2 Å². The molecule has 0 bridgehead atoms. The molecule has 0 N–H and O–H groups in total. The van der Waals surface area contributed by atoms with E-state index in [0.717, 1.165) is 23.7 Å². The molecule has 8 atom stereocenters. The molecule has 2 nitrogen and oxygen atoms in total. The maximum atomic E-state index is 11.6. The first-order chi connectivity index (χ1) is 20.0. The van der Waals surface area contributed by atoms with Gasteiger partial charge in [-0.05, 0) is 114 Å². The molecule has 2 aromatic carbocycles. The van der Waals surface area contributed by atoms with E-state index in [1.807, 2.05) is 0 Å². The van der Waals surface area contributed by atoms with Gasteiger partial charge < -0.3 is 4.43 Å². The molecule has 42 heavy (non-hydrogen) atoms. The van der Waals surface area contributed by atoms with E-state index in [-0.39, 0.29) is 16.2 Å². The number of carbonyl (C=O) groups excluding carboxylic acids is 1. The van der Waals surface area contributed by atoms with E-state index in [1.165, 1.54) is 68.2 Å². The van der Waals surface area contributed by atoms with Crippen LogP contribution in [0.25, 0.3) is 0 Å². The molecule has 0 saturated heterocycles. The predicted molar refractivity (Wildman–Crippen MR) is 176 cm³/mol. The number of fused-ring (bicyclic) bond motifs is 5. The highest BCUT2D eigenvalue weighted by Crippen LogP contribution is 2.67. The summed E-state index contributed by atoms with van der Waals surface area (Å²) in [5.41, 5.74) is 0.703. The molecule has 0 heterocycles. The van der Waals surface area contributed by atoms with Crippen molar-refractivity contribution >= 4 is 24.5 Å². The van der Waals surface area contributed by atoms with Gasteiger partial charge in [-0.2, -0.15) is 0 Å². The Kier molecular flexibility index (Phi) is 7.89. The monoisotopic (exact) mass is 580 g/mol. The summed E-state index contributed by atoms with van der Waals surface area (Å²) in [6.07, 6.45) is 11.8. The standard InChI is InChI=1S/C39H52O2Si/c1-28(40)17-18-29-20-22-35-34-21-19-30-27-31(23-25-39(30,6)36(34)24-26-38(29,35)5)41-42(37(2,3)4,32-13-9-7-10-14-32)33-15-11-8-12-16-33/h7-16,29-31,34-36H,19-27H2,1-6H3/t29-,30-,31+,34?,35?,36?,38+,39-/m0/s1. The third-order valence-corrected chi connectivity index (χ3v) is 17.9. The highest BCUT2D eigenvalue weighted by atomic mass is 28.4. The smallest absolute Gasteiger partial charge is 0.261 e. The fraction of sp³-hybridized carbons (Fsp3) is 0.615. The van der Waals surface area contributed by atoms with E-state index < -0.39 is 8.32 Å². The van der Waals surface area contributed by atoms with Crippen LogP contribution >= 0.6 is 0 Å². The second-order valence-electron chi connectivity index (χ2n) is 15.8. The molecule has 0 aromatic heterocycles. The molecule has 224 valence electrons. The molecule has 4 saturated carbocycles. The Hall–Kier alpha value is -2.15. The molecular formula is C39H52O2Si. The number of carbonyl (C=O) groups is 1. The lowest BCUT2D eigenvalue weighted by Crippen LogP contribution is -2.68. The zero-order valence-corrected chi connectivity index (χ0v) is 27.9. The Morgan fingerprint density at radius 3 is 2.00 bits per heavy atom. The number of Topliss-reactive ketones (excluding diaryl/α,β-unsaturated/α-hetero) is 1. The van der Waals surface area contributed by atoms with Crippen molar-refractivity contribution in [2.75, 3.05) is 0 Å². The van der Waals surface area contributed by atoms with Crippen LogP contribution in [0.5, 0.6) is 0 Å². The van der Waals surface area contributed by atoms with Gasteiger partial charge in [0, 0.05) is 18.9 Å². The van der Waals surface area contributed by atoms with Gasteiger partial charge in [0.2, 0.25) is 5.78 Å². The molecule has 4 aliphatic rings. The number of hydrogen-bond donors (Lipinski definition) is 0. The summed E-state index contributed by atoms with van der Waals surface area (Å²) in [6, 6.07) is 22.4. The van der Waals surface area contributed by atoms with Crippen molar-refractivity contribution < 1.29 is 9.22 Å². The molecular weight excluding hydrogens is 529 g/mol. The van der Waals surface area contributed by atoms with E-state index in [0.29, 0.717) is 17.4 Å². The molecule has 2 aromatic rings. The minimum absolute atomic E-state index is 0.0146. The first-order valence-corrected chi connectivity index (χ1v) is 18.7. The van der Waals surface area contributed by atoms with Crippen molar-refractivity contribution in [3.05, 3.63) is 60.7 Å². The maximum Gasteiger partial charge on any atom is 0.261 e. The summed E-state index contributed by atoms with van der Waals surface area (Å²) in [6.45, 7) is 14.0. The highest BCUT2D eigenvalue weighted by molar-refractivity contribution is 6.99. The zero-order valence-electron chi connectivity index (χ0n) is 26.9. The lowest BCUT2D eigenvalue weighted by Gasteiger charge is -2.61. The molecule has 6 rings (SSSR count). The lowest BCUT2D eigenvalue weighted by atomic mass is 9.44. The van der Waals surface area contributed by atoms with E-state index in [1.54, 1.807) is 6.92 Å². The van der Waals surface area contributed by atoms with Crippen LogP contribution in [0, 0.1) is 52.3 Å². The van der Waals surface area contributed by atoms with Crippen LogP contribution in [0.15, 0.2) is 60.7 Å². The first-order valence-electron chi connectivity index (χ1n) is 16.8. The summed E-state index contributed by atoms with van der Waals surface area (Å²) >= 11 is 0. The largest absolute Gasteiger partial charge is 0.404 e. The van der Waals surface area contributed by atoms with Crippen LogP contribution in [0.4, 0.5) is 0 Å². The summed E-state index contributed by atoms with van der Waals surface area (Å²) in [5.74, 6) is 9.94.